The van der Waals surface area contributed by atoms with E-state index in [1.165, 1.54) is 0 Å². The maximum absolute atomic E-state index is 6.45. The summed E-state index contributed by atoms with van der Waals surface area (Å²) in [6.45, 7) is 11.2. The summed E-state index contributed by atoms with van der Waals surface area (Å²) < 4.78 is 5.26. The summed E-state index contributed by atoms with van der Waals surface area (Å²) in [5.41, 5.74) is 7.14. The highest BCUT2D eigenvalue weighted by atomic mass is 32.1. The van der Waals surface area contributed by atoms with E-state index in [4.69, 9.17) is 15.5 Å². The topological polar surface area (TPSA) is 48.1 Å². The first kappa shape index (κ1) is 14.6. The van der Waals surface area contributed by atoms with E-state index in [-0.39, 0.29) is 5.41 Å². The van der Waals surface area contributed by atoms with Crippen LogP contribution < -0.4 is 5.73 Å². The fourth-order valence-electron chi connectivity index (χ4n) is 1.55. The number of hydrogen-bond acceptors (Lipinski definition) is 4. The molecule has 4 heteroatoms. The Hall–Kier alpha value is -0.450. The zero-order valence-electron chi connectivity index (χ0n) is 11.7. The molecule has 0 aliphatic rings. The van der Waals surface area contributed by atoms with E-state index in [9.17, 15) is 0 Å². The van der Waals surface area contributed by atoms with E-state index < -0.39 is 5.54 Å². The average molecular weight is 256 g/mol. The molecule has 17 heavy (non-hydrogen) atoms. The van der Waals surface area contributed by atoms with Gasteiger partial charge < -0.3 is 10.5 Å². The van der Waals surface area contributed by atoms with Crippen LogP contribution >= 0.6 is 11.3 Å². The third-order valence-electron chi connectivity index (χ3n) is 3.08. The first-order valence-corrected chi connectivity index (χ1v) is 6.84. The molecule has 0 aromatic carbocycles. The molecule has 98 valence electrons. The monoisotopic (exact) mass is 256 g/mol. The third-order valence-corrected chi connectivity index (χ3v) is 4.12. The average Bonchev–Trinajstić information content (AvgIpc) is 2.65. The highest BCUT2D eigenvalue weighted by Crippen LogP contribution is 2.32. The summed E-state index contributed by atoms with van der Waals surface area (Å²) in [6, 6.07) is 0. The molecule has 0 saturated heterocycles. The second-order valence-corrected chi connectivity index (χ2v) is 6.77. The van der Waals surface area contributed by atoms with Crippen molar-refractivity contribution in [1.29, 1.82) is 0 Å². The second kappa shape index (κ2) is 5.04. The molecule has 0 fully saturated rings. The second-order valence-electron chi connectivity index (χ2n) is 5.92. The van der Waals surface area contributed by atoms with E-state index >= 15 is 0 Å². The van der Waals surface area contributed by atoms with Crippen LogP contribution in [0.5, 0.6) is 0 Å². The number of nitrogens with zero attached hydrogens (tertiary/aromatic N) is 1. The van der Waals surface area contributed by atoms with Crippen molar-refractivity contribution in [3.63, 3.8) is 0 Å². The zero-order valence-corrected chi connectivity index (χ0v) is 12.5. The van der Waals surface area contributed by atoms with E-state index in [2.05, 4.69) is 40.0 Å². The summed E-state index contributed by atoms with van der Waals surface area (Å²) >= 11 is 1.64. The molecule has 0 spiro atoms. The van der Waals surface area contributed by atoms with Gasteiger partial charge in [-0.05, 0) is 5.92 Å². The molecule has 1 heterocycles. The van der Waals surface area contributed by atoms with Gasteiger partial charge in [0.2, 0.25) is 0 Å². The molecular weight excluding hydrogens is 232 g/mol. The smallest absolute Gasteiger partial charge is 0.115 e. The molecule has 0 bridgehead atoms. The van der Waals surface area contributed by atoms with Gasteiger partial charge in [-0.1, -0.05) is 34.6 Å². The van der Waals surface area contributed by atoms with Crippen LogP contribution in [-0.2, 0) is 15.7 Å². The molecule has 1 aromatic heterocycles. The first-order chi connectivity index (χ1) is 7.71. The Morgan fingerprint density at radius 1 is 1.41 bits per heavy atom. The molecule has 0 saturated carbocycles. The number of ether oxygens (including phenoxy) is 1. The molecule has 0 aliphatic heterocycles. The Kier molecular flexibility index (Phi) is 4.33. The van der Waals surface area contributed by atoms with Crippen molar-refractivity contribution in [3.05, 3.63) is 16.1 Å². The molecule has 3 nitrogen and oxygen atoms in total. The van der Waals surface area contributed by atoms with Crippen molar-refractivity contribution in [2.24, 2.45) is 11.7 Å². The zero-order chi connectivity index (χ0) is 13.3. The van der Waals surface area contributed by atoms with E-state index in [1.807, 2.05) is 0 Å². The SMILES string of the molecule is COCC(N)(c1nc(C(C)(C)C)cs1)C(C)C. The maximum atomic E-state index is 6.45. The van der Waals surface area contributed by atoms with Crippen molar-refractivity contribution in [2.45, 2.75) is 45.6 Å². The van der Waals surface area contributed by atoms with Gasteiger partial charge in [-0.25, -0.2) is 4.98 Å². The van der Waals surface area contributed by atoms with Gasteiger partial charge in [0.1, 0.15) is 5.01 Å². The van der Waals surface area contributed by atoms with Crippen LogP contribution in [0.2, 0.25) is 0 Å². The van der Waals surface area contributed by atoms with Crippen molar-refractivity contribution in [3.8, 4) is 0 Å². The molecule has 0 amide bonds. The lowest BCUT2D eigenvalue weighted by molar-refractivity contribution is 0.104. The molecule has 2 N–H and O–H groups in total. The van der Waals surface area contributed by atoms with E-state index in [0.717, 1.165) is 10.7 Å². The quantitative estimate of drug-likeness (QED) is 0.901. The van der Waals surface area contributed by atoms with Crippen LogP contribution in [0.3, 0.4) is 0 Å². The van der Waals surface area contributed by atoms with Gasteiger partial charge in [0.05, 0.1) is 17.8 Å². The number of aromatic nitrogens is 1. The van der Waals surface area contributed by atoms with Crippen molar-refractivity contribution in [2.75, 3.05) is 13.7 Å². The fraction of sp³-hybridized carbons (Fsp3) is 0.769. The highest BCUT2D eigenvalue weighted by molar-refractivity contribution is 7.09. The Balaban J connectivity index is 3.09. The largest absolute Gasteiger partial charge is 0.382 e. The summed E-state index contributed by atoms with van der Waals surface area (Å²) in [4.78, 5) is 4.71. The highest BCUT2D eigenvalue weighted by Gasteiger charge is 2.35. The molecule has 1 unspecified atom stereocenters. The minimum absolute atomic E-state index is 0.0692. The standard InChI is InChI=1S/C13H24N2OS/c1-9(2)13(14,8-16-6)11-15-10(7-17-11)12(3,4)5/h7,9H,8,14H2,1-6H3. The Morgan fingerprint density at radius 2 is 2.00 bits per heavy atom. The predicted octanol–water partition coefficient (Wildman–Crippen LogP) is 2.90. The van der Waals surface area contributed by atoms with Gasteiger partial charge in [-0.15, -0.1) is 11.3 Å². The summed E-state index contributed by atoms with van der Waals surface area (Å²) in [6.07, 6.45) is 0. The van der Waals surface area contributed by atoms with Crippen LogP contribution in [0.4, 0.5) is 0 Å². The normalized spacial score (nSPS) is 16.2. The van der Waals surface area contributed by atoms with Crippen molar-refractivity contribution >= 4 is 11.3 Å². The minimum Gasteiger partial charge on any atom is -0.382 e. The van der Waals surface area contributed by atoms with Gasteiger partial charge in [0.25, 0.3) is 0 Å². The first-order valence-electron chi connectivity index (χ1n) is 5.96. The van der Waals surface area contributed by atoms with Gasteiger partial charge >= 0.3 is 0 Å². The van der Waals surface area contributed by atoms with Crippen LogP contribution in [0, 0.1) is 5.92 Å². The van der Waals surface area contributed by atoms with Gasteiger partial charge in [-0.2, -0.15) is 0 Å². The van der Waals surface area contributed by atoms with Crippen LogP contribution in [0.1, 0.15) is 45.3 Å². The molecule has 0 radical (unpaired) electrons. The van der Waals surface area contributed by atoms with Gasteiger partial charge in [0, 0.05) is 17.9 Å². The van der Waals surface area contributed by atoms with Gasteiger partial charge in [0.15, 0.2) is 0 Å². The van der Waals surface area contributed by atoms with E-state index in [0.29, 0.717) is 12.5 Å². The molecule has 1 atom stereocenters. The molecular formula is C13H24N2OS. The number of rotatable bonds is 4. The number of nitrogens with two attached hydrogens (primary N) is 1. The Labute approximate surface area is 108 Å². The summed E-state index contributed by atoms with van der Waals surface area (Å²) in [5.74, 6) is 0.293. The summed E-state index contributed by atoms with van der Waals surface area (Å²) in [7, 11) is 1.68. The summed E-state index contributed by atoms with van der Waals surface area (Å²) in [5, 5.41) is 3.08. The van der Waals surface area contributed by atoms with Crippen LogP contribution in [-0.4, -0.2) is 18.7 Å². The minimum atomic E-state index is -0.483. The Bertz CT molecular complexity index is 368. The molecule has 1 rings (SSSR count). The van der Waals surface area contributed by atoms with Gasteiger partial charge in [-0.3, -0.25) is 0 Å². The number of hydrogen-bond donors (Lipinski definition) is 1. The van der Waals surface area contributed by atoms with Crippen LogP contribution in [0.25, 0.3) is 0 Å². The van der Waals surface area contributed by atoms with E-state index in [1.54, 1.807) is 18.4 Å². The number of thiazole rings is 1. The third kappa shape index (κ3) is 3.06. The maximum Gasteiger partial charge on any atom is 0.115 e. The Morgan fingerprint density at radius 3 is 2.35 bits per heavy atom. The lowest BCUT2D eigenvalue weighted by Gasteiger charge is -2.30. The molecule has 1 aromatic rings. The lowest BCUT2D eigenvalue weighted by atomic mass is 9.88. The van der Waals surface area contributed by atoms with Crippen molar-refractivity contribution in [1.82, 2.24) is 4.98 Å². The lowest BCUT2D eigenvalue weighted by Crippen LogP contribution is -2.46. The van der Waals surface area contributed by atoms with Crippen LogP contribution in [0.15, 0.2) is 5.38 Å². The molecule has 0 aliphatic carbocycles. The fourth-order valence-corrected chi connectivity index (χ4v) is 2.84. The number of methoxy groups -OCH3 is 1. The van der Waals surface area contributed by atoms with Crippen molar-refractivity contribution < 1.29 is 4.74 Å². The predicted molar refractivity (Wildman–Crippen MR) is 73.4 cm³/mol.